The molecule has 1 aliphatic rings. The fourth-order valence-corrected chi connectivity index (χ4v) is 3.67. The Labute approximate surface area is 163 Å². The number of amides is 1. The first-order chi connectivity index (χ1) is 12.8. The van der Waals surface area contributed by atoms with Gasteiger partial charge in [0.25, 0.3) is 5.91 Å². The smallest absolute Gasteiger partial charge is 0.275 e. The Balaban J connectivity index is 1.59. The van der Waals surface area contributed by atoms with E-state index in [-0.39, 0.29) is 11.7 Å². The number of aromatic nitrogens is 3. The molecule has 0 saturated carbocycles. The van der Waals surface area contributed by atoms with E-state index in [9.17, 15) is 9.18 Å². The molecule has 1 amide bonds. The molecule has 1 aromatic carbocycles. The minimum absolute atomic E-state index is 0.144. The van der Waals surface area contributed by atoms with Crippen molar-refractivity contribution in [3.8, 4) is 0 Å². The molecule has 8 heteroatoms. The standard InChI is InChI=1S/C19H25ClFN5O/c1-13(2)25-7-6-14(10-25)9-24(3)19(27)18-12-26(23-22-18)11-15-4-5-16(21)8-17(15)20/h4-5,8,12-14H,6-7,9-11H2,1-3H3. The minimum Gasteiger partial charge on any atom is -0.340 e. The molecule has 6 nitrogen and oxygen atoms in total. The third-order valence-electron chi connectivity index (χ3n) is 5.03. The summed E-state index contributed by atoms with van der Waals surface area (Å²) in [7, 11) is 1.80. The van der Waals surface area contributed by atoms with E-state index in [0.29, 0.717) is 35.8 Å². The van der Waals surface area contributed by atoms with E-state index in [2.05, 4.69) is 29.1 Å². The first-order valence-corrected chi connectivity index (χ1v) is 9.55. The Kier molecular flexibility index (Phi) is 6.11. The minimum atomic E-state index is -0.386. The summed E-state index contributed by atoms with van der Waals surface area (Å²) in [6.07, 6.45) is 2.71. The van der Waals surface area contributed by atoms with Gasteiger partial charge in [0.15, 0.2) is 5.69 Å². The summed E-state index contributed by atoms with van der Waals surface area (Å²) < 4.78 is 14.7. The van der Waals surface area contributed by atoms with Gasteiger partial charge in [-0.05, 0) is 50.4 Å². The highest BCUT2D eigenvalue weighted by Crippen LogP contribution is 2.20. The van der Waals surface area contributed by atoms with Gasteiger partial charge in [-0.1, -0.05) is 22.9 Å². The fraction of sp³-hybridized carbons (Fsp3) is 0.526. The van der Waals surface area contributed by atoms with Crippen molar-refractivity contribution in [2.45, 2.75) is 32.9 Å². The normalized spacial score (nSPS) is 17.6. The van der Waals surface area contributed by atoms with Crippen LogP contribution in [0.4, 0.5) is 4.39 Å². The number of hydrogen-bond acceptors (Lipinski definition) is 4. The molecule has 1 unspecified atom stereocenters. The maximum Gasteiger partial charge on any atom is 0.275 e. The predicted molar refractivity (Wildman–Crippen MR) is 102 cm³/mol. The van der Waals surface area contributed by atoms with Crippen molar-refractivity contribution in [3.63, 3.8) is 0 Å². The number of carbonyl (C=O) groups excluding carboxylic acids is 1. The molecule has 2 aromatic rings. The summed E-state index contributed by atoms with van der Waals surface area (Å²) in [6, 6.07) is 4.75. The van der Waals surface area contributed by atoms with Crippen LogP contribution in [0.25, 0.3) is 0 Å². The molecule has 1 atom stereocenters. The van der Waals surface area contributed by atoms with Gasteiger partial charge in [-0.15, -0.1) is 5.10 Å². The Morgan fingerprint density at radius 1 is 1.44 bits per heavy atom. The molecular formula is C19H25ClFN5O. The van der Waals surface area contributed by atoms with Gasteiger partial charge in [0, 0.05) is 31.2 Å². The van der Waals surface area contributed by atoms with Gasteiger partial charge in [0.2, 0.25) is 0 Å². The van der Waals surface area contributed by atoms with Gasteiger partial charge < -0.3 is 9.80 Å². The number of hydrogen-bond donors (Lipinski definition) is 0. The highest BCUT2D eigenvalue weighted by molar-refractivity contribution is 6.31. The van der Waals surface area contributed by atoms with Crippen molar-refractivity contribution in [1.82, 2.24) is 24.8 Å². The van der Waals surface area contributed by atoms with Gasteiger partial charge in [-0.2, -0.15) is 0 Å². The van der Waals surface area contributed by atoms with Crippen LogP contribution < -0.4 is 0 Å². The van der Waals surface area contributed by atoms with Crippen molar-refractivity contribution in [2.24, 2.45) is 5.92 Å². The Morgan fingerprint density at radius 2 is 2.22 bits per heavy atom. The van der Waals surface area contributed by atoms with Crippen LogP contribution >= 0.6 is 11.6 Å². The number of rotatable bonds is 6. The predicted octanol–water partition coefficient (Wildman–Crippen LogP) is 2.92. The van der Waals surface area contributed by atoms with Crippen molar-refractivity contribution >= 4 is 17.5 Å². The molecule has 0 radical (unpaired) electrons. The van der Waals surface area contributed by atoms with Crippen LogP contribution in [0, 0.1) is 11.7 Å². The lowest BCUT2D eigenvalue weighted by Gasteiger charge is -2.22. The van der Waals surface area contributed by atoms with Gasteiger partial charge in [-0.3, -0.25) is 4.79 Å². The third kappa shape index (κ3) is 4.84. The van der Waals surface area contributed by atoms with E-state index in [0.717, 1.165) is 25.1 Å². The van der Waals surface area contributed by atoms with Crippen molar-refractivity contribution < 1.29 is 9.18 Å². The van der Waals surface area contributed by atoms with E-state index in [1.54, 1.807) is 24.2 Å². The summed E-state index contributed by atoms with van der Waals surface area (Å²) in [4.78, 5) is 16.8. The number of benzene rings is 1. The lowest BCUT2D eigenvalue weighted by Crippen LogP contribution is -2.34. The lowest BCUT2D eigenvalue weighted by atomic mass is 10.1. The third-order valence-corrected chi connectivity index (χ3v) is 5.38. The van der Waals surface area contributed by atoms with Crippen LogP contribution in [0.1, 0.15) is 36.3 Å². The molecule has 0 bridgehead atoms. The monoisotopic (exact) mass is 393 g/mol. The van der Waals surface area contributed by atoms with E-state index < -0.39 is 0 Å². The highest BCUT2D eigenvalue weighted by atomic mass is 35.5. The van der Waals surface area contributed by atoms with Crippen LogP contribution in [0.5, 0.6) is 0 Å². The number of likely N-dealkylation sites (tertiary alicyclic amines) is 1. The molecule has 1 aromatic heterocycles. The van der Waals surface area contributed by atoms with Crippen LogP contribution in [0.2, 0.25) is 5.02 Å². The van der Waals surface area contributed by atoms with Crippen molar-refractivity contribution in [2.75, 3.05) is 26.7 Å². The van der Waals surface area contributed by atoms with Crippen LogP contribution in [0.3, 0.4) is 0 Å². The fourth-order valence-electron chi connectivity index (χ4n) is 3.44. The topological polar surface area (TPSA) is 54.3 Å². The van der Waals surface area contributed by atoms with Crippen LogP contribution in [0.15, 0.2) is 24.4 Å². The zero-order chi connectivity index (χ0) is 19.6. The Bertz CT molecular complexity index is 809. The lowest BCUT2D eigenvalue weighted by molar-refractivity contribution is 0.0766. The van der Waals surface area contributed by atoms with Crippen molar-refractivity contribution in [3.05, 3.63) is 46.5 Å². The van der Waals surface area contributed by atoms with Gasteiger partial charge in [-0.25, -0.2) is 9.07 Å². The second-order valence-electron chi connectivity index (χ2n) is 7.47. The highest BCUT2D eigenvalue weighted by Gasteiger charge is 2.27. The maximum atomic E-state index is 13.1. The van der Waals surface area contributed by atoms with Crippen LogP contribution in [-0.2, 0) is 6.54 Å². The molecule has 1 aliphatic heterocycles. The first kappa shape index (κ1) is 19.8. The molecule has 1 fully saturated rings. The maximum absolute atomic E-state index is 13.1. The summed E-state index contributed by atoms with van der Waals surface area (Å²) >= 11 is 6.05. The summed E-state index contributed by atoms with van der Waals surface area (Å²) in [6.45, 7) is 7.53. The van der Waals surface area contributed by atoms with Crippen LogP contribution in [-0.4, -0.2) is 63.4 Å². The second kappa shape index (κ2) is 8.35. The second-order valence-corrected chi connectivity index (χ2v) is 7.87. The molecule has 0 aliphatic carbocycles. The number of carbonyl (C=O) groups is 1. The average molecular weight is 394 g/mol. The molecule has 27 heavy (non-hydrogen) atoms. The summed E-state index contributed by atoms with van der Waals surface area (Å²) in [5.74, 6) is -0.0494. The SMILES string of the molecule is CC(C)N1CCC(CN(C)C(=O)c2cn(Cc3ccc(F)cc3Cl)nn2)C1. The zero-order valence-electron chi connectivity index (χ0n) is 15.9. The Hall–Kier alpha value is -1.99. The largest absolute Gasteiger partial charge is 0.340 e. The van der Waals surface area contributed by atoms with E-state index >= 15 is 0 Å². The summed E-state index contributed by atoms with van der Waals surface area (Å²) in [5, 5.41) is 8.32. The van der Waals surface area contributed by atoms with Gasteiger partial charge in [0.1, 0.15) is 5.82 Å². The zero-order valence-corrected chi connectivity index (χ0v) is 16.7. The average Bonchev–Trinajstić information content (AvgIpc) is 3.26. The molecule has 0 N–H and O–H groups in total. The molecule has 146 valence electrons. The molecule has 3 rings (SSSR count). The molecule has 0 spiro atoms. The Morgan fingerprint density at radius 3 is 2.89 bits per heavy atom. The van der Waals surface area contributed by atoms with Crippen molar-refractivity contribution in [1.29, 1.82) is 0 Å². The van der Waals surface area contributed by atoms with Gasteiger partial charge >= 0.3 is 0 Å². The quantitative estimate of drug-likeness (QED) is 0.757. The molecule has 2 heterocycles. The number of halogens is 2. The van der Waals surface area contributed by atoms with E-state index in [1.165, 1.54) is 16.8 Å². The number of nitrogens with zero attached hydrogens (tertiary/aromatic N) is 5. The van der Waals surface area contributed by atoms with E-state index in [1.807, 2.05) is 0 Å². The van der Waals surface area contributed by atoms with Gasteiger partial charge in [0.05, 0.1) is 12.7 Å². The molecular weight excluding hydrogens is 369 g/mol. The molecule has 1 saturated heterocycles. The first-order valence-electron chi connectivity index (χ1n) is 9.17. The summed E-state index contributed by atoms with van der Waals surface area (Å²) in [5.41, 5.74) is 1.02. The van der Waals surface area contributed by atoms with E-state index in [4.69, 9.17) is 11.6 Å².